The molecule has 1 saturated carbocycles. The van der Waals surface area contributed by atoms with Gasteiger partial charge in [0.15, 0.2) is 0 Å². The highest BCUT2D eigenvalue weighted by molar-refractivity contribution is 7.92. The molecule has 0 aromatic heterocycles. The zero-order chi connectivity index (χ0) is 28.7. The number of sulfonamides is 1. The molecule has 0 saturated heterocycles. The average molecular weight is 582 g/mol. The third-order valence-corrected chi connectivity index (χ3v) is 9.38. The first-order valence-electron chi connectivity index (χ1n) is 13.7. The van der Waals surface area contributed by atoms with Gasteiger partial charge in [-0.05, 0) is 73.7 Å². The number of rotatable bonds is 11. The number of anilines is 1. The fourth-order valence-electron chi connectivity index (χ4n) is 4.95. The molecular formula is C31H36ClN3O4S. The molecular weight excluding hydrogens is 546 g/mol. The van der Waals surface area contributed by atoms with E-state index in [2.05, 4.69) is 5.32 Å². The standard InChI is InChI=1S/C31H36ClN3O4S/c1-3-24-16-18-28(19-17-24)35(40(38,39)29-14-5-4-6-15-29)22-30(36)34(21-25-10-9-11-26(32)20-25)23(2)31(37)33-27-12-7-8-13-27/h4-6,9-11,14-20,23,27H,3,7-8,12-13,21-22H2,1-2H3,(H,33,37)/t23-/m0/s1. The van der Waals surface area contributed by atoms with Gasteiger partial charge in [-0.3, -0.25) is 13.9 Å². The Kier molecular flexibility index (Phi) is 9.87. The average Bonchev–Trinajstić information content (AvgIpc) is 3.47. The summed E-state index contributed by atoms with van der Waals surface area (Å²) in [6, 6.07) is 21.5. The van der Waals surface area contributed by atoms with Gasteiger partial charge in [0, 0.05) is 17.6 Å². The van der Waals surface area contributed by atoms with Gasteiger partial charge in [-0.2, -0.15) is 0 Å². The van der Waals surface area contributed by atoms with Crippen LogP contribution in [0.25, 0.3) is 0 Å². The Bertz CT molecular complexity index is 1410. The summed E-state index contributed by atoms with van der Waals surface area (Å²) in [7, 11) is -4.08. The molecule has 3 aromatic carbocycles. The number of carbonyl (C=O) groups excluding carboxylic acids is 2. The second-order valence-electron chi connectivity index (χ2n) is 10.2. The highest BCUT2D eigenvalue weighted by Gasteiger charge is 2.33. The lowest BCUT2D eigenvalue weighted by Gasteiger charge is -2.32. The quantitative estimate of drug-likeness (QED) is 0.320. The Balaban J connectivity index is 1.68. The molecule has 4 rings (SSSR count). The van der Waals surface area contributed by atoms with Gasteiger partial charge in [0.2, 0.25) is 11.8 Å². The Morgan fingerprint density at radius 1 is 0.950 bits per heavy atom. The second-order valence-corrected chi connectivity index (χ2v) is 12.5. The largest absolute Gasteiger partial charge is 0.352 e. The van der Waals surface area contributed by atoms with Crippen molar-refractivity contribution in [1.82, 2.24) is 10.2 Å². The number of hydrogen-bond donors (Lipinski definition) is 1. The molecule has 2 amide bonds. The summed E-state index contributed by atoms with van der Waals surface area (Å²) in [5, 5.41) is 3.59. The molecule has 0 heterocycles. The molecule has 0 aliphatic heterocycles. The summed E-state index contributed by atoms with van der Waals surface area (Å²) in [6.07, 6.45) is 4.75. The van der Waals surface area contributed by atoms with Crippen LogP contribution in [-0.2, 0) is 32.6 Å². The fraction of sp³-hybridized carbons (Fsp3) is 0.355. The minimum atomic E-state index is -4.08. The van der Waals surface area contributed by atoms with Crippen LogP contribution in [0.5, 0.6) is 0 Å². The SMILES string of the molecule is CCc1ccc(N(CC(=O)N(Cc2cccc(Cl)c2)[C@@H](C)C(=O)NC2CCCC2)S(=O)(=O)c2ccccc2)cc1. The first-order chi connectivity index (χ1) is 19.2. The molecule has 0 bridgehead atoms. The Morgan fingerprint density at radius 2 is 1.62 bits per heavy atom. The highest BCUT2D eigenvalue weighted by atomic mass is 35.5. The lowest BCUT2D eigenvalue weighted by atomic mass is 10.1. The van der Waals surface area contributed by atoms with Crippen molar-refractivity contribution in [2.75, 3.05) is 10.8 Å². The molecule has 3 aromatic rings. The maximum Gasteiger partial charge on any atom is 0.264 e. The maximum absolute atomic E-state index is 14.0. The summed E-state index contributed by atoms with van der Waals surface area (Å²) in [4.78, 5) is 28.8. The van der Waals surface area contributed by atoms with Crippen LogP contribution in [-0.4, -0.2) is 43.8 Å². The van der Waals surface area contributed by atoms with Crippen molar-refractivity contribution >= 4 is 39.1 Å². The van der Waals surface area contributed by atoms with Crippen LogP contribution in [0.15, 0.2) is 83.8 Å². The maximum atomic E-state index is 14.0. The van der Waals surface area contributed by atoms with Crippen LogP contribution >= 0.6 is 11.6 Å². The number of amides is 2. The van der Waals surface area contributed by atoms with Gasteiger partial charge in [0.05, 0.1) is 10.6 Å². The van der Waals surface area contributed by atoms with Gasteiger partial charge in [0.25, 0.3) is 10.0 Å². The van der Waals surface area contributed by atoms with Crippen LogP contribution in [0, 0.1) is 0 Å². The van der Waals surface area contributed by atoms with Crippen molar-refractivity contribution in [3.63, 3.8) is 0 Å². The number of halogens is 1. The van der Waals surface area contributed by atoms with Crippen LogP contribution < -0.4 is 9.62 Å². The lowest BCUT2D eigenvalue weighted by molar-refractivity contribution is -0.139. The van der Waals surface area contributed by atoms with E-state index < -0.39 is 28.5 Å². The van der Waals surface area contributed by atoms with E-state index in [4.69, 9.17) is 11.6 Å². The Labute approximate surface area is 242 Å². The Morgan fingerprint density at radius 3 is 2.25 bits per heavy atom. The summed E-state index contributed by atoms with van der Waals surface area (Å²) in [6.45, 7) is 3.33. The van der Waals surface area contributed by atoms with Crippen LogP contribution in [0.3, 0.4) is 0 Å². The van der Waals surface area contributed by atoms with Crippen molar-refractivity contribution in [2.24, 2.45) is 0 Å². The predicted molar refractivity (Wildman–Crippen MR) is 159 cm³/mol. The topological polar surface area (TPSA) is 86.8 Å². The zero-order valence-electron chi connectivity index (χ0n) is 22.9. The molecule has 1 N–H and O–H groups in total. The molecule has 40 heavy (non-hydrogen) atoms. The third-order valence-electron chi connectivity index (χ3n) is 7.35. The molecule has 1 aliphatic carbocycles. The smallest absolute Gasteiger partial charge is 0.264 e. The number of hydrogen-bond acceptors (Lipinski definition) is 4. The number of nitrogens with zero attached hydrogens (tertiary/aromatic N) is 2. The van der Waals surface area contributed by atoms with E-state index in [1.165, 1.54) is 17.0 Å². The van der Waals surface area contributed by atoms with Crippen LogP contribution in [0.4, 0.5) is 5.69 Å². The lowest BCUT2D eigenvalue weighted by Crippen LogP contribution is -2.52. The van der Waals surface area contributed by atoms with Crippen molar-refractivity contribution < 1.29 is 18.0 Å². The normalized spacial score (nSPS) is 14.5. The van der Waals surface area contributed by atoms with Gasteiger partial charge in [-0.25, -0.2) is 8.42 Å². The minimum absolute atomic E-state index is 0.0794. The van der Waals surface area contributed by atoms with Crippen molar-refractivity contribution in [3.8, 4) is 0 Å². The van der Waals surface area contributed by atoms with Gasteiger partial charge in [-0.1, -0.05) is 73.8 Å². The summed E-state index contributed by atoms with van der Waals surface area (Å²) < 4.78 is 28.8. The van der Waals surface area contributed by atoms with Crippen molar-refractivity contribution in [1.29, 1.82) is 0 Å². The fourth-order valence-corrected chi connectivity index (χ4v) is 6.60. The Hall–Kier alpha value is -3.36. The molecule has 1 atom stereocenters. The van der Waals surface area contributed by atoms with E-state index in [-0.39, 0.29) is 23.4 Å². The number of carbonyl (C=O) groups is 2. The van der Waals surface area contributed by atoms with Crippen molar-refractivity contribution in [2.45, 2.75) is 69.5 Å². The molecule has 9 heteroatoms. The van der Waals surface area contributed by atoms with Crippen LogP contribution in [0.1, 0.15) is 50.7 Å². The first kappa shape index (κ1) is 29.6. The second kappa shape index (κ2) is 13.3. The minimum Gasteiger partial charge on any atom is -0.352 e. The van der Waals surface area contributed by atoms with E-state index >= 15 is 0 Å². The molecule has 7 nitrogen and oxygen atoms in total. The monoisotopic (exact) mass is 581 g/mol. The van der Waals surface area contributed by atoms with Gasteiger partial charge >= 0.3 is 0 Å². The van der Waals surface area contributed by atoms with E-state index in [1.807, 2.05) is 25.1 Å². The summed E-state index contributed by atoms with van der Waals surface area (Å²) in [5.41, 5.74) is 2.17. The molecule has 1 fully saturated rings. The van der Waals surface area contributed by atoms with E-state index in [1.54, 1.807) is 55.5 Å². The summed E-state index contributed by atoms with van der Waals surface area (Å²) in [5.74, 6) is -0.750. The first-order valence-corrected chi connectivity index (χ1v) is 15.5. The van der Waals surface area contributed by atoms with Crippen LogP contribution in [0.2, 0.25) is 5.02 Å². The summed E-state index contributed by atoms with van der Waals surface area (Å²) >= 11 is 6.21. The number of aryl methyl sites for hydroxylation is 1. The van der Waals surface area contributed by atoms with Crippen molar-refractivity contribution in [3.05, 3.63) is 95.0 Å². The number of benzene rings is 3. The molecule has 0 spiro atoms. The molecule has 212 valence electrons. The third kappa shape index (κ3) is 7.23. The predicted octanol–water partition coefficient (Wildman–Crippen LogP) is 5.57. The molecule has 1 aliphatic rings. The van der Waals surface area contributed by atoms with E-state index in [0.717, 1.165) is 47.5 Å². The zero-order valence-corrected chi connectivity index (χ0v) is 24.5. The van der Waals surface area contributed by atoms with E-state index in [0.29, 0.717) is 10.7 Å². The van der Waals surface area contributed by atoms with Gasteiger partial charge in [-0.15, -0.1) is 0 Å². The van der Waals surface area contributed by atoms with Gasteiger partial charge < -0.3 is 10.2 Å². The van der Waals surface area contributed by atoms with Gasteiger partial charge in [0.1, 0.15) is 12.6 Å². The highest BCUT2D eigenvalue weighted by Crippen LogP contribution is 2.26. The molecule has 0 unspecified atom stereocenters. The molecule has 0 radical (unpaired) electrons. The van der Waals surface area contributed by atoms with E-state index in [9.17, 15) is 18.0 Å². The number of nitrogens with one attached hydrogen (secondary N) is 1.